The summed E-state index contributed by atoms with van der Waals surface area (Å²) in [5, 5.41) is -7.14. The Morgan fingerprint density at radius 1 is 0.655 bits per heavy atom. The zero-order valence-corrected chi connectivity index (χ0v) is 16.6. The van der Waals surface area contributed by atoms with Crippen LogP contribution in [0.4, 0.5) is 40.3 Å². The lowest BCUT2D eigenvalue weighted by Crippen LogP contribution is -2.12. The summed E-state index contributed by atoms with van der Waals surface area (Å²) in [5.74, 6) is 0. The molecule has 2 rings (SSSR count). The molecule has 5 nitrogen and oxygen atoms in total. The van der Waals surface area contributed by atoms with Crippen molar-refractivity contribution in [1.29, 1.82) is 0 Å². The van der Waals surface area contributed by atoms with Crippen molar-refractivity contribution in [2.24, 2.45) is 0 Å². The number of nitrogens with two attached hydrogens (primary N) is 4. The molecule has 0 aliphatic heterocycles. The number of hydrogen-bond acceptors (Lipinski definition) is 5. The molecule has 0 amide bonds. The van der Waals surface area contributed by atoms with E-state index >= 15 is 0 Å². The van der Waals surface area contributed by atoms with E-state index in [1.54, 1.807) is 0 Å². The summed E-state index contributed by atoms with van der Waals surface area (Å²) in [6, 6.07) is 4.26. The Morgan fingerprint density at radius 3 is 1.17 bits per heavy atom. The van der Waals surface area contributed by atoms with E-state index in [9.17, 15) is 17.6 Å². The Bertz CT molecular complexity index is 768. The van der Waals surface area contributed by atoms with Crippen LogP contribution in [0.15, 0.2) is 24.3 Å². The van der Waals surface area contributed by atoms with Crippen LogP contribution >= 0.6 is 23.2 Å². The van der Waals surface area contributed by atoms with Crippen LogP contribution in [0.5, 0.6) is 0 Å². The standard InChI is InChI=1S/C18H20Cl2F4N4O/c19-17(21,22)9-5-13(25)11(14(26)6-9)1-3-29-4-2-12-15(27)7-10(8-16(12)28)18(20,23)24/h5-8H,1-4,25-28H2. The lowest BCUT2D eigenvalue weighted by atomic mass is 10.0. The minimum atomic E-state index is -3.57. The van der Waals surface area contributed by atoms with Crippen LogP contribution in [0.1, 0.15) is 22.3 Å². The fourth-order valence-electron chi connectivity index (χ4n) is 2.79. The number of rotatable bonds is 8. The molecule has 2 aromatic rings. The van der Waals surface area contributed by atoms with E-state index < -0.39 is 21.9 Å². The van der Waals surface area contributed by atoms with Gasteiger partial charge in [-0.1, -0.05) is 0 Å². The van der Waals surface area contributed by atoms with E-state index in [-0.39, 0.29) is 48.8 Å². The molecule has 0 aliphatic rings. The smallest absolute Gasteiger partial charge is 0.348 e. The van der Waals surface area contributed by atoms with Crippen LogP contribution < -0.4 is 22.9 Å². The van der Waals surface area contributed by atoms with Gasteiger partial charge in [-0.2, -0.15) is 17.6 Å². The molecule has 0 saturated heterocycles. The summed E-state index contributed by atoms with van der Waals surface area (Å²) in [7, 11) is 0. The first-order chi connectivity index (χ1) is 13.3. The minimum Gasteiger partial charge on any atom is -0.398 e. The van der Waals surface area contributed by atoms with E-state index in [1.807, 2.05) is 0 Å². The van der Waals surface area contributed by atoms with Crippen molar-refractivity contribution in [2.45, 2.75) is 23.6 Å². The Kier molecular flexibility index (Phi) is 6.97. The molecule has 0 spiro atoms. The average Bonchev–Trinajstić information content (AvgIpc) is 2.56. The van der Waals surface area contributed by atoms with Gasteiger partial charge < -0.3 is 27.7 Å². The molecule has 0 heterocycles. The Hall–Kier alpha value is -2.10. The second-order valence-corrected chi connectivity index (χ2v) is 7.32. The van der Waals surface area contributed by atoms with E-state index in [0.29, 0.717) is 11.1 Å². The normalized spacial score (nSPS) is 12.3. The SMILES string of the molecule is Nc1cc(C(F)(F)Cl)cc(N)c1CCOCCc1c(N)cc(C(F)(F)Cl)cc1N. The summed E-state index contributed by atoms with van der Waals surface area (Å²) in [4.78, 5) is 0. The summed E-state index contributed by atoms with van der Waals surface area (Å²) >= 11 is 9.96. The molecule has 160 valence electrons. The van der Waals surface area contributed by atoms with E-state index in [0.717, 1.165) is 24.3 Å². The second-order valence-electron chi connectivity index (χ2n) is 6.37. The van der Waals surface area contributed by atoms with Gasteiger partial charge in [-0.25, -0.2) is 0 Å². The largest absolute Gasteiger partial charge is 0.398 e. The number of ether oxygens (including phenoxy) is 1. The number of nitrogen functional groups attached to an aromatic ring is 4. The van der Waals surface area contributed by atoms with Crippen molar-refractivity contribution in [3.05, 3.63) is 46.5 Å². The summed E-state index contributed by atoms with van der Waals surface area (Å²) in [5.41, 5.74) is 23.4. The highest BCUT2D eigenvalue weighted by molar-refractivity contribution is 6.22. The van der Waals surface area contributed by atoms with Crippen molar-refractivity contribution in [3.8, 4) is 0 Å². The van der Waals surface area contributed by atoms with Gasteiger partial charge in [0.1, 0.15) is 0 Å². The van der Waals surface area contributed by atoms with Gasteiger partial charge in [0, 0.05) is 45.0 Å². The van der Waals surface area contributed by atoms with E-state index in [1.165, 1.54) is 0 Å². The monoisotopic (exact) mass is 454 g/mol. The van der Waals surface area contributed by atoms with Gasteiger partial charge in [-0.05, 0) is 60.3 Å². The van der Waals surface area contributed by atoms with Crippen LogP contribution in [-0.4, -0.2) is 13.2 Å². The predicted molar refractivity (Wildman–Crippen MR) is 108 cm³/mol. The third-order valence-corrected chi connectivity index (χ3v) is 4.72. The van der Waals surface area contributed by atoms with Crippen LogP contribution in [0, 0.1) is 0 Å². The van der Waals surface area contributed by atoms with Gasteiger partial charge in [-0.15, -0.1) is 0 Å². The van der Waals surface area contributed by atoms with Crippen molar-refractivity contribution < 1.29 is 22.3 Å². The molecular weight excluding hydrogens is 435 g/mol. The van der Waals surface area contributed by atoms with Crippen molar-refractivity contribution >= 4 is 46.0 Å². The van der Waals surface area contributed by atoms with Crippen LogP contribution in [0.3, 0.4) is 0 Å². The number of anilines is 4. The first kappa shape index (κ1) is 23.2. The van der Waals surface area contributed by atoms with Gasteiger partial charge >= 0.3 is 10.8 Å². The van der Waals surface area contributed by atoms with Crippen molar-refractivity contribution in [3.63, 3.8) is 0 Å². The van der Waals surface area contributed by atoms with Gasteiger partial charge in [0.05, 0.1) is 13.2 Å². The van der Waals surface area contributed by atoms with Crippen LogP contribution in [-0.2, 0) is 28.3 Å². The molecule has 0 atom stereocenters. The molecule has 0 fully saturated rings. The average molecular weight is 455 g/mol. The second kappa shape index (κ2) is 8.73. The van der Waals surface area contributed by atoms with Gasteiger partial charge in [0.2, 0.25) is 0 Å². The lowest BCUT2D eigenvalue weighted by molar-refractivity contribution is 0.0947. The zero-order valence-electron chi connectivity index (χ0n) is 15.1. The van der Waals surface area contributed by atoms with Crippen molar-refractivity contribution in [2.75, 3.05) is 36.1 Å². The molecule has 29 heavy (non-hydrogen) atoms. The highest BCUT2D eigenvalue weighted by Gasteiger charge is 2.30. The third kappa shape index (κ3) is 5.94. The highest BCUT2D eigenvalue weighted by atomic mass is 35.5. The minimum absolute atomic E-state index is 0.0787. The maximum absolute atomic E-state index is 13.2. The first-order valence-corrected chi connectivity index (χ1v) is 9.14. The topological polar surface area (TPSA) is 113 Å². The molecule has 0 aromatic heterocycles. The van der Waals surface area contributed by atoms with Crippen LogP contribution in [0.25, 0.3) is 0 Å². The molecule has 2 aromatic carbocycles. The van der Waals surface area contributed by atoms with Crippen LogP contribution in [0.2, 0.25) is 0 Å². The Labute approximate surface area is 174 Å². The fraction of sp³-hybridized carbons (Fsp3) is 0.333. The highest BCUT2D eigenvalue weighted by Crippen LogP contribution is 2.37. The number of hydrogen-bond donors (Lipinski definition) is 4. The quantitative estimate of drug-likeness (QED) is 0.204. The maximum atomic E-state index is 13.2. The predicted octanol–water partition coefficient (Wildman–Crippen LogP) is 4.39. The third-order valence-electron chi connectivity index (χ3n) is 4.29. The summed E-state index contributed by atoms with van der Waals surface area (Å²) in [6.45, 7) is 0.366. The van der Waals surface area contributed by atoms with E-state index in [2.05, 4.69) is 0 Å². The summed E-state index contributed by atoms with van der Waals surface area (Å²) in [6.07, 6.45) is 0.544. The maximum Gasteiger partial charge on any atom is 0.348 e. The number of benzene rings is 2. The molecule has 8 N–H and O–H groups in total. The zero-order chi connectivity index (χ0) is 22.0. The van der Waals surface area contributed by atoms with Gasteiger partial charge in [0.15, 0.2) is 0 Å². The van der Waals surface area contributed by atoms with Gasteiger partial charge in [0.25, 0.3) is 0 Å². The first-order valence-electron chi connectivity index (χ1n) is 8.38. The molecule has 0 unspecified atom stereocenters. The number of halogens is 6. The molecule has 0 radical (unpaired) electrons. The molecule has 0 bridgehead atoms. The fourth-order valence-corrected chi connectivity index (χ4v) is 3.01. The molecule has 0 aliphatic carbocycles. The number of alkyl halides is 6. The van der Waals surface area contributed by atoms with Crippen molar-refractivity contribution in [1.82, 2.24) is 0 Å². The Balaban J connectivity index is 1.94. The lowest BCUT2D eigenvalue weighted by Gasteiger charge is -2.16. The molecule has 0 saturated carbocycles. The molecular formula is C18H20Cl2F4N4O. The summed E-state index contributed by atoms with van der Waals surface area (Å²) < 4.78 is 58.2. The Morgan fingerprint density at radius 2 is 0.931 bits per heavy atom. The van der Waals surface area contributed by atoms with Gasteiger partial charge in [-0.3, -0.25) is 0 Å². The molecule has 11 heteroatoms. The van der Waals surface area contributed by atoms with E-state index in [4.69, 9.17) is 50.9 Å².